The molecule has 2 aromatic carbocycles. The summed E-state index contributed by atoms with van der Waals surface area (Å²) in [6.45, 7) is 0.614. The fourth-order valence-corrected chi connectivity index (χ4v) is 4.00. The molecule has 136 valence electrons. The van der Waals surface area contributed by atoms with Gasteiger partial charge in [-0.2, -0.15) is 0 Å². The monoisotopic (exact) mass is 357 g/mol. The van der Waals surface area contributed by atoms with Crippen molar-refractivity contribution >= 4 is 6.20 Å². The standard InChI is InChI=1S/C23H23N3O/c1-26-14-19-20(16-6-3-2-4-7-16)21(27-22(19)25-15-26)17-8-10-18(11-9-17)23(24)12-5-13-23/h2-4,6-11,14H,5,12-13,15,24H2,1H3. The molecule has 2 aliphatic rings. The number of hydrogen-bond acceptors (Lipinski definition) is 4. The van der Waals surface area contributed by atoms with E-state index in [1.54, 1.807) is 0 Å². The zero-order valence-electron chi connectivity index (χ0n) is 15.5. The third kappa shape index (κ3) is 2.68. The van der Waals surface area contributed by atoms with Crippen LogP contribution in [0, 0.1) is 0 Å². The lowest BCUT2D eigenvalue weighted by molar-refractivity contribution is 0.253. The molecule has 2 heterocycles. The van der Waals surface area contributed by atoms with Crippen LogP contribution in [0.3, 0.4) is 0 Å². The van der Waals surface area contributed by atoms with E-state index >= 15 is 0 Å². The van der Waals surface area contributed by atoms with Gasteiger partial charge in [-0.25, -0.2) is 4.99 Å². The smallest absolute Gasteiger partial charge is 0.226 e. The third-order valence-corrected chi connectivity index (χ3v) is 5.74. The number of benzene rings is 2. The van der Waals surface area contributed by atoms with Gasteiger partial charge in [0, 0.05) is 29.9 Å². The molecule has 0 radical (unpaired) electrons. The number of fused-ring (bicyclic) bond motifs is 1. The molecule has 0 spiro atoms. The van der Waals surface area contributed by atoms with Crippen molar-refractivity contribution in [3.8, 4) is 22.5 Å². The van der Waals surface area contributed by atoms with Gasteiger partial charge in [0.2, 0.25) is 5.55 Å². The highest BCUT2D eigenvalue weighted by Gasteiger charge is 2.34. The minimum atomic E-state index is -0.144. The second-order valence-corrected chi connectivity index (χ2v) is 7.66. The van der Waals surface area contributed by atoms with Gasteiger partial charge in [-0.05, 0) is 30.4 Å². The molecule has 1 aliphatic heterocycles. The molecule has 0 bridgehead atoms. The summed E-state index contributed by atoms with van der Waals surface area (Å²) in [5.41, 5.74) is 11.5. The van der Waals surface area contributed by atoms with E-state index in [1.165, 1.54) is 12.0 Å². The lowest BCUT2D eigenvalue weighted by Gasteiger charge is -2.38. The van der Waals surface area contributed by atoms with Crippen LogP contribution in [0.25, 0.3) is 28.7 Å². The highest BCUT2D eigenvalue weighted by molar-refractivity contribution is 5.80. The van der Waals surface area contributed by atoms with E-state index in [-0.39, 0.29) is 5.54 Å². The summed E-state index contributed by atoms with van der Waals surface area (Å²) in [4.78, 5) is 6.67. The SMILES string of the molecule is CN1C=c2c(-c3ccccc3)c(-c3ccc(C4(N)CCC4)cc3)oc2=NC1. The molecule has 0 unspecified atom stereocenters. The van der Waals surface area contributed by atoms with Crippen LogP contribution >= 0.6 is 0 Å². The molecule has 1 saturated carbocycles. The number of rotatable bonds is 3. The number of hydrogen-bond donors (Lipinski definition) is 1. The van der Waals surface area contributed by atoms with E-state index in [0.29, 0.717) is 12.2 Å². The van der Waals surface area contributed by atoms with Gasteiger partial charge >= 0.3 is 0 Å². The molecule has 27 heavy (non-hydrogen) atoms. The summed E-state index contributed by atoms with van der Waals surface area (Å²) in [6, 6.07) is 18.9. The first kappa shape index (κ1) is 16.3. The van der Waals surface area contributed by atoms with Crippen molar-refractivity contribution in [1.29, 1.82) is 0 Å². The Morgan fingerprint density at radius 1 is 1.00 bits per heavy atom. The van der Waals surface area contributed by atoms with Crippen molar-refractivity contribution in [2.24, 2.45) is 10.7 Å². The summed E-state index contributed by atoms with van der Waals surface area (Å²) in [6.07, 6.45) is 5.47. The van der Waals surface area contributed by atoms with Gasteiger partial charge in [-0.15, -0.1) is 0 Å². The molecule has 3 aromatic rings. The Morgan fingerprint density at radius 2 is 1.74 bits per heavy atom. The molecule has 2 N–H and O–H groups in total. The molecule has 0 amide bonds. The fourth-order valence-electron chi connectivity index (χ4n) is 4.00. The predicted molar refractivity (Wildman–Crippen MR) is 107 cm³/mol. The summed E-state index contributed by atoms with van der Waals surface area (Å²) in [7, 11) is 2.03. The lowest BCUT2D eigenvalue weighted by Crippen LogP contribution is -2.43. The quantitative estimate of drug-likeness (QED) is 0.783. The van der Waals surface area contributed by atoms with Crippen molar-refractivity contribution < 1.29 is 4.42 Å². The summed E-state index contributed by atoms with van der Waals surface area (Å²) in [5.74, 6) is 0.868. The molecule has 1 aliphatic carbocycles. The highest BCUT2D eigenvalue weighted by atomic mass is 16.3. The zero-order valence-corrected chi connectivity index (χ0v) is 15.5. The molecule has 0 saturated heterocycles. The van der Waals surface area contributed by atoms with Crippen molar-refractivity contribution in [3.63, 3.8) is 0 Å². The van der Waals surface area contributed by atoms with Gasteiger partial charge in [-0.1, -0.05) is 54.6 Å². The van der Waals surface area contributed by atoms with Crippen LogP contribution in [0.4, 0.5) is 0 Å². The first-order chi connectivity index (χ1) is 13.1. The van der Waals surface area contributed by atoms with E-state index in [2.05, 4.69) is 64.6 Å². The Hall–Kier alpha value is -2.85. The van der Waals surface area contributed by atoms with Crippen molar-refractivity contribution in [2.75, 3.05) is 13.7 Å². The van der Waals surface area contributed by atoms with Crippen LogP contribution in [-0.2, 0) is 5.54 Å². The zero-order chi connectivity index (χ0) is 18.4. The maximum atomic E-state index is 6.48. The maximum absolute atomic E-state index is 6.48. The average Bonchev–Trinajstić information content (AvgIpc) is 3.05. The van der Waals surface area contributed by atoms with Crippen molar-refractivity contribution in [2.45, 2.75) is 24.8 Å². The fraction of sp³-hybridized carbons (Fsp3) is 0.261. The number of nitrogens with zero attached hydrogens (tertiary/aromatic N) is 2. The van der Waals surface area contributed by atoms with Crippen LogP contribution in [0.5, 0.6) is 0 Å². The normalized spacial score (nSPS) is 17.5. The van der Waals surface area contributed by atoms with Crippen LogP contribution in [-0.4, -0.2) is 18.6 Å². The van der Waals surface area contributed by atoms with E-state index in [4.69, 9.17) is 10.2 Å². The minimum absolute atomic E-state index is 0.144. The summed E-state index contributed by atoms with van der Waals surface area (Å²) in [5, 5.41) is 1.04. The predicted octanol–water partition coefficient (Wildman–Crippen LogP) is 3.21. The highest BCUT2D eigenvalue weighted by Crippen LogP contribution is 2.39. The maximum Gasteiger partial charge on any atom is 0.226 e. The molecular weight excluding hydrogens is 334 g/mol. The van der Waals surface area contributed by atoms with Crippen LogP contribution < -0.4 is 16.5 Å². The van der Waals surface area contributed by atoms with Crippen molar-refractivity contribution in [3.05, 3.63) is 70.9 Å². The minimum Gasteiger partial charge on any atom is -0.437 e. The summed E-state index contributed by atoms with van der Waals surface area (Å²) >= 11 is 0. The van der Waals surface area contributed by atoms with Crippen molar-refractivity contribution in [1.82, 2.24) is 4.90 Å². The first-order valence-electron chi connectivity index (χ1n) is 9.49. The van der Waals surface area contributed by atoms with Gasteiger partial charge in [0.25, 0.3) is 0 Å². The van der Waals surface area contributed by atoms with Crippen LogP contribution in [0.1, 0.15) is 24.8 Å². The van der Waals surface area contributed by atoms with E-state index in [1.807, 2.05) is 13.1 Å². The molecule has 4 heteroatoms. The van der Waals surface area contributed by atoms with E-state index in [0.717, 1.165) is 40.5 Å². The van der Waals surface area contributed by atoms with Gasteiger partial charge in [0.15, 0.2) is 0 Å². The Balaban J connectivity index is 1.68. The Labute approximate surface area is 158 Å². The van der Waals surface area contributed by atoms with Crippen LogP contribution in [0.2, 0.25) is 0 Å². The molecule has 5 rings (SSSR count). The van der Waals surface area contributed by atoms with Crippen LogP contribution in [0.15, 0.2) is 64.0 Å². The average molecular weight is 357 g/mol. The first-order valence-corrected chi connectivity index (χ1v) is 9.49. The number of furan rings is 1. The third-order valence-electron chi connectivity index (χ3n) is 5.74. The molecule has 0 atom stereocenters. The molecule has 4 nitrogen and oxygen atoms in total. The molecule has 1 fully saturated rings. The second-order valence-electron chi connectivity index (χ2n) is 7.66. The van der Waals surface area contributed by atoms with Gasteiger partial charge in [-0.3, -0.25) is 0 Å². The largest absolute Gasteiger partial charge is 0.437 e. The molecule has 1 aromatic heterocycles. The van der Waals surface area contributed by atoms with Gasteiger partial charge < -0.3 is 15.1 Å². The second kappa shape index (κ2) is 6.10. The van der Waals surface area contributed by atoms with E-state index in [9.17, 15) is 0 Å². The van der Waals surface area contributed by atoms with E-state index < -0.39 is 0 Å². The topological polar surface area (TPSA) is 54.8 Å². The van der Waals surface area contributed by atoms with Gasteiger partial charge in [0.1, 0.15) is 12.4 Å². The summed E-state index contributed by atoms with van der Waals surface area (Å²) < 4.78 is 6.24. The lowest BCUT2D eigenvalue weighted by atomic mass is 9.72. The molecular formula is C23H23N3O. The Bertz CT molecular complexity index is 1090. The number of nitrogens with two attached hydrogens (primary N) is 1. The Morgan fingerprint density at radius 3 is 2.41 bits per heavy atom. The Kier molecular flexibility index (Phi) is 3.69. The van der Waals surface area contributed by atoms with Gasteiger partial charge in [0.05, 0.1) is 5.22 Å².